The molecule has 1 amide bonds. The molecule has 11 nitrogen and oxygen atoms in total. The first-order valence-electron chi connectivity index (χ1n) is 19.5. The van der Waals surface area contributed by atoms with Crippen molar-refractivity contribution in [3.63, 3.8) is 0 Å². The number of ether oxygens (including phenoxy) is 5. The summed E-state index contributed by atoms with van der Waals surface area (Å²) in [5.74, 6) is -2.53. The Balaban J connectivity index is 1.28. The molecule has 1 aromatic carbocycles. The minimum Gasteiger partial charge on any atom is -0.462 e. The fourth-order valence-corrected chi connectivity index (χ4v) is 8.79. The Morgan fingerprint density at radius 3 is 2.65 bits per heavy atom. The van der Waals surface area contributed by atoms with Crippen molar-refractivity contribution in [1.82, 2.24) is 0 Å². The summed E-state index contributed by atoms with van der Waals surface area (Å²) in [6, 6.07) is 9.37. The summed E-state index contributed by atoms with van der Waals surface area (Å²) in [7, 11) is 0. The number of aliphatic hydroxyl groups is 2. The molecule has 0 saturated carbocycles. The van der Waals surface area contributed by atoms with E-state index in [0.717, 1.165) is 24.0 Å². The van der Waals surface area contributed by atoms with Crippen molar-refractivity contribution in [3.8, 4) is 6.07 Å². The third kappa shape index (κ3) is 8.60. The van der Waals surface area contributed by atoms with Crippen LogP contribution >= 0.6 is 0 Å². The SMILES string of the molecule is CC[C@H]1O[C@]2(CC[C@@H]1C)C[C@@H]1C[C@@H](C/C=C(\C)[C@H](OCCc3ccc(NC(=O)CC#N)cc3)[C@@H](C)/C=C/C=C3\CO[C@@H]4[C@H](O)C(C)=C[C@@H](C(=O)O1)[C@]34O)O2. The van der Waals surface area contributed by atoms with E-state index < -0.39 is 41.6 Å². The number of esters is 1. The molecule has 6 rings (SSSR count). The number of hydrogen-bond donors (Lipinski definition) is 3. The van der Waals surface area contributed by atoms with E-state index in [2.05, 4.69) is 39.1 Å². The minimum absolute atomic E-state index is 0.0307. The van der Waals surface area contributed by atoms with Crippen LogP contribution in [0.2, 0.25) is 0 Å². The lowest BCUT2D eigenvalue weighted by atomic mass is 9.71. The fraction of sp³-hybridized carbons (Fsp3) is 0.605. The number of aliphatic hydroxyl groups excluding tert-OH is 1. The van der Waals surface area contributed by atoms with Crippen molar-refractivity contribution in [2.45, 2.75) is 134 Å². The van der Waals surface area contributed by atoms with Gasteiger partial charge in [0.05, 0.1) is 37.6 Å². The Labute approximate surface area is 319 Å². The zero-order valence-electron chi connectivity index (χ0n) is 32.2. The van der Waals surface area contributed by atoms with Gasteiger partial charge in [-0.1, -0.05) is 63.3 Å². The van der Waals surface area contributed by atoms with Crippen molar-refractivity contribution < 1.29 is 43.5 Å². The molecule has 1 aliphatic carbocycles. The van der Waals surface area contributed by atoms with Crippen molar-refractivity contribution in [2.75, 3.05) is 18.5 Å². The van der Waals surface area contributed by atoms with E-state index in [1.165, 1.54) is 0 Å². The minimum atomic E-state index is -1.78. The number of anilines is 1. The van der Waals surface area contributed by atoms with Crippen LogP contribution in [0.3, 0.4) is 0 Å². The molecule has 4 aliphatic heterocycles. The van der Waals surface area contributed by atoms with Gasteiger partial charge in [-0.2, -0.15) is 5.26 Å². The maximum absolute atomic E-state index is 14.1. The normalized spacial score (nSPS) is 39.5. The predicted octanol–water partition coefficient (Wildman–Crippen LogP) is 6.01. The van der Waals surface area contributed by atoms with Gasteiger partial charge in [0.2, 0.25) is 5.91 Å². The van der Waals surface area contributed by atoms with Gasteiger partial charge < -0.3 is 39.2 Å². The van der Waals surface area contributed by atoms with Crippen LogP contribution in [-0.2, 0) is 39.7 Å². The molecular weight excluding hydrogens is 688 g/mol. The highest BCUT2D eigenvalue weighted by atomic mass is 16.7. The van der Waals surface area contributed by atoms with Gasteiger partial charge in [0.25, 0.3) is 0 Å². The lowest BCUT2D eigenvalue weighted by Gasteiger charge is -2.50. The van der Waals surface area contributed by atoms with Gasteiger partial charge in [-0.15, -0.1) is 0 Å². The average molecular weight is 745 g/mol. The molecule has 2 bridgehead atoms. The average Bonchev–Trinajstić information content (AvgIpc) is 3.48. The molecule has 5 aliphatic rings. The molecular formula is C43H56N2O9. The topological polar surface area (TPSA) is 157 Å². The molecule has 1 spiro atoms. The van der Waals surface area contributed by atoms with Crippen LogP contribution in [0.5, 0.6) is 0 Å². The van der Waals surface area contributed by atoms with E-state index in [4.69, 9.17) is 28.9 Å². The number of amides is 1. The number of nitriles is 1. The highest BCUT2D eigenvalue weighted by Gasteiger charge is 2.60. The summed E-state index contributed by atoms with van der Waals surface area (Å²) >= 11 is 0. The molecule has 3 N–H and O–H groups in total. The van der Waals surface area contributed by atoms with Gasteiger partial charge in [-0.25, -0.2) is 0 Å². The van der Waals surface area contributed by atoms with Gasteiger partial charge in [-0.05, 0) is 79.9 Å². The van der Waals surface area contributed by atoms with E-state index in [1.54, 1.807) is 19.1 Å². The zero-order valence-corrected chi connectivity index (χ0v) is 32.2. The van der Waals surface area contributed by atoms with Crippen LogP contribution < -0.4 is 5.32 Å². The van der Waals surface area contributed by atoms with Gasteiger partial charge in [0.15, 0.2) is 5.79 Å². The molecule has 0 radical (unpaired) electrons. The monoisotopic (exact) mass is 744 g/mol. The molecule has 11 heteroatoms. The Morgan fingerprint density at radius 1 is 1.13 bits per heavy atom. The second-order valence-corrected chi connectivity index (χ2v) is 15.9. The third-order valence-corrected chi connectivity index (χ3v) is 11.9. The molecule has 1 aromatic rings. The number of rotatable bonds is 7. The van der Waals surface area contributed by atoms with Crippen LogP contribution in [0.1, 0.15) is 85.1 Å². The zero-order chi connectivity index (χ0) is 38.6. The number of carbonyl (C=O) groups excluding carboxylic acids is 2. The van der Waals surface area contributed by atoms with Gasteiger partial charge in [0, 0.05) is 30.9 Å². The summed E-state index contributed by atoms with van der Waals surface area (Å²) in [5.41, 5.74) is 2.00. The van der Waals surface area contributed by atoms with Crippen LogP contribution in [0.4, 0.5) is 5.69 Å². The molecule has 11 atom stereocenters. The quantitative estimate of drug-likeness (QED) is 0.223. The first-order valence-corrected chi connectivity index (χ1v) is 19.5. The summed E-state index contributed by atoms with van der Waals surface area (Å²) in [5, 5.41) is 34.9. The number of benzene rings is 1. The number of carbonyl (C=O) groups is 2. The Bertz CT molecular complexity index is 1690. The molecule has 54 heavy (non-hydrogen) atoms. The summed E-state index contributed by atoms with van der Waals surface area (Å²) in [6.45, 7) is 10.7. The lowest BCUT2D eigenvalue weighted by molar-refractivity contribution is -0.335. The standard InChI is InChI=1S/C43H56N2O9/c1-6-36-26(2)16-19-42(54-36)24-34-23-33(53-42)15-10-28(4)39(50-21-18-30-11-13-32(14-12-30)45-37(46)17-20-44)27(3)8-7-9-31-25-51-40-38(47)29(5)22-35(41(48)52-34)43(31,40)49/h7-14,22,26-27,33-36,38-40,47,49H,6,15-19,21,23-25H2,1-5H3,(H,45,46)/b8-7+,28-10+,31-9+/t26-,27-,33+,34-,35-,36+,38+,39+,40+,42+,43+/m0/s1. The fourth-order valence-electron chi connectivity index (χ4n) is 8.79. The summed E-state index contributed by atoms with van der Waals surface area (Å²) in [6.07, 6.45) is 10.8. The molecule has 3 saturated heterocycles. The van der Waals surface area contributed by atoms with E-state index in [0.29, 0.717) is 61.5 Å². The molecule has 292 valence electrons. The van der Waals surface area contributed by atoms with Crippen molar-refractivity contribution >= 4 is 17.6 Å². The maximum Gasteiger partial charge on any atom is 0.316 e. The van der Waals surface area contributed by atoms with Crippen LogP contribution in [0.15, 0.2) is 71.4 Å². The number of hydrogen-bond acceptors (Lipinski definition) is 10. The summed E-state index contributed by atoms with van der Waals surface area (Å²) < 4.78 is 32.5. The molecule has 0 aromatic heterocycles. The van der Waals surface area contributed by atoms with Crippen LogP contribution in [-0.4, -0.2) is 83.3 Å². The number of fused-ring (bicyclic) bond motifs is 2. The first-order chi connectivity index (χ1) is 25.9. The summed E-state index contributed by atoms with van der Waals surface area (Å²) in [4.78, 5) is 26.0. The third-order valence-electron chi connectivity index (χ3n) is 11.9. The van der Waals surface area contributed by atoms with Gasteiger partial charge >= 0.3 is 5.97 Å². The molecule has 4 heterocycles. The van der Waals surface area contributed by atoms with Crippen LogP contribution in [0.25, 0.3) is 0 Å². The predicted molar refractivity (Wildman–Crippen MR) is 202 cm³/mol. The van der Waals surface area contributed by atoms with Crippen molar-refractivity contribution in [2.24, 2.45) is 17.8 Å². The number of nitrogens with one attached hydrogen (secondary N) is 1. The van der Waals surface area contributed by atoms with E-state index in [-0.39, 0.29) is 43.2 Å². The number of allylic oxidation sites excluding steroid dienone is 2. The first kappa shape index (κ1) is 40.0. The second kappa shape index (κ2) is 17.0. The van der Waals surface area contributed by atoms with E-state index >= 15 is 0 Å². The van der Waals surface area contributed by atoms with Crippen LogP contribution in [0, 0.1) is 29.1 Å². The van der Waals surface area contributed by atoms with Crippen molar-refractivity contribution in [1.29, 1.82) is 5.26 Å². The Kier molecular flexibility index (Phi) is 12.6. The Hall–Kier alpha value is -3.63. The second-order valence-electron chi connectivity index (χ2n) is 15.9. The highest BCUT2D eigenvalue weighted by Crippen LogP contribution is 2.47. The van der Waals surface area contributed by atoms with E-state index in [1.807, 2.05) is 42.5 Å². The molecule has 3 fully saturated rings. The lowest BCUT2D eigenvalue weighted by Crippen LogP contribution is -2.58. The van der Waals surface area contributed by atoms with Gasteiger partial charge in [-0.3, -0.25) is 9.59 Å². The highest BCUT2D eigenvalue weighted by molar-refractivity contribution is 5.92. The maximum atomic E-state index is 14.1. The largest absolute Gasteiger partial charge is 0.462 e. The Morgan fingerprint density at radius 2 is 1.91 bits per heavy atom. The van der Waals surface area contributed by atoms with E-state index in [9.17, 15) is 19.8 Å². The molecule has 0 unspecified atom stereocenters. The van der Waals surface area contributed by atoms with Crippen molar-refractivity contribution in [3.05, 3.63) is 76.9 Å². The number of nitrogens with zero attached hydrogens (tertiary/aromatic N) is 1. The van der Waals surface area contributed by atoms with Gasteiger partial charge in [0.1, 0.15) is 36.3 Å². The smallest absolute Gasteiger partial charge is 0.316 e.